The molecule has 6 rings (SSSR count). The van der Waals surface area contributed by atoms with Crippen molar-refractivity contribution < 1.29 is 24.8 Å². The number of nitro benzene ring substituents is 2. The number of phenolic OH excluding ortho intramolecular Hbond substituents is 2. The number of anilines is 2. The van der Waals surface area contributed by atoms with Gasteiger partial charge in [-0.05, 0) is 83.9 Å². The van der Waals surface area contributed by atoms with E-state index in [1.165, 1.54) is 24.3 Å². The monoisotopic (exact) mass is 768 g/mol. The van der Waals surface area contributed by atoms with Crippen LogP contribution in [0.1, 0.15) is 11.1 Å². The Morgan fingerprint density at radius 2 is 1.08 bits per heavy atom. The summed E-state index contributed by atoms with van der Waals surface area (Å²) in [5.41, 5.74) is 2.59. The molecule has 0 aliphatic heterocycles. The smallest absolute Gasteiger partial charge is 0.312 e. The van der Waals surface area contributed by atoms with E-state index < -0.39 is 9.85 Å². The molecule has 11 nitrogen and oxygen atoms in total. The van der Waals surface area contributed by atoms with Gasteiger partial charge in [0.05, 0.1) is 22.0 Å². The Morgan fingerprint density at radius 1 is 0.623 bits per heavy atom. The second kappa shape index (κ2) is 18.6. The molecular weight excluding hydrogens is 736 g/mol. The summed E-state index contributed by atoms with van der Waals surface area (Å²) in [6.45, 7) is 0.983. The third-order valence-corrected chi connectivity index (χ3v) is 10.4. The quantitative estimate of drug-likeness (QED) is 0.0503. The molecule has 53 heavy (non-hydrogen) atoms. The summed E-state index contributed by atoms with van der Waals surface area (Å²) in [6.07, 6.45) is 0. The fourth-order valence-corrected chi connectivity index (χ4v) is 7.03. The number of ether oxygens (including phenoxy) is 1. The standard InChI is InChI=1S/C20H18N2O4S.C19H15ClN2O3S/c1-26-16-7-9-17(10-8-16)27-20-5-3-2-4-14(20)13-21-15-6-11-19(23)18(12-15)22(24)25;20-15-6-2-4-8-19(15)26-18-7-3-1-5-13(18)12-21-14-9-10-17(23)16(11-14)22(24)25/h2-12,21,23H,13H2,1H3;1-11,21,23H,12H2. The number of methoxy groups -OCH3 is 1. The Morgan fingerprint density at radius 3 is 1.55 bits per heavy atom. The third kappa shape index (κ3) is 10.8. The van der Waals surface area contributed by atoms with Crippen LogP contribution in [0.3, 0.4) is 0 Å². The van der Waals surface area contributed by atoms with Crippen LogP contribution in [0.2, 0.25) is 5.02 Å². The van der Waals surface area contributed by atoms with Gasteiger partial charge in [0.1, 0.15) is 5.75 Å². The van der Waals surface area contributed by atoms with Gasteiger partial charge in [-0.3, -0.25) is 20.2 Å². The lowest BCUT2D eigenvalue weighted by molar-refractivity contribution is -0.385. The van der Waals surface area contributed by atoms with Gasteiger partial charge >= 0.3 is 11.4 Å². The SMILES string of the molecule is COc1ccc(Sc2ccccc2CNc2ccc(O)c([N+](=O)[O-])c2)cc1.O=[N+]([O-])c1cc(NCc2ccccc2Sc2ccccc2Cl)ccc1O. The molecular formula is C39H33ClN4O7S2. The fourth-order valence-electron chi connectivity index (χ4n) is 4.87. The van der Waals surface area contributed by atoms with Crippen LogP contribution < -0.4 is 15.4 Å². The normalized spacial score (nSPS) is 10.5. The predicted molar refractivity (Wildman–Crippen MR) is 210 cm³/mol. The van der Waals surface area contributed by atoms with Crippen molar-refractivity contribution >= 4 is 57.9 Å². The second-order valence-electron chi connectivity index (χ2n) is 11.2. The minimum atomic E-state index is -0.609. The molecule has 6 aromatic rings. The number of halogens is 1. The topological polar surface area (TPSA) is 160 Å². The Kier molecular flexibility index (Phi) is 13.4. The number of benzene rings is 6. The number of rotatable bonds is 13. The third-order valence-electron chi connectivity index (χ3n) is 7.60. The Balaban J connectivity index is 0.000000204. The maximum Gasteiger partial charge on any atom is 0.312 e. The van der Waals surface area contributed by atoms with Gasteiger partial charge in [-0.1, -0.05) is 83.7 Å². The molecule has 0 aliphatic rings. The molecule has 0 amide bonds. The highest BCUT2D eigenvalue weighted by Crippen LogP contribution is 2.36. The first-order valence-electron chi connectivity index (χ1n) is 15.9. The highest BCUT2D eigenvalue weighted by molar-refractivity contribution is 7.99. The van der Waals surface area contributed by atoms with Crippen molar-refractivity contribution in [3.8, 4) is 17.2 Å². The van der Waals surface area contributed by atoms with E-state index in [1.54, 1.807) is 42.8 Å². The molecule has 0 heterocycles. The first-order valence-corrected chi connectivity index (χ1v) is 17.9. The van der Waals surface area contributed by atoms with Crippen LogP contribution in [0.4, 0.5) is 22.7 Å². The first-order chi connectivity index (χ1) is 25.6. The lowest BCUT2D eigenvalue weighted by atomic mass is 10.2. The number of nitrogens with one attached hydrogen (secondary N) is 2. The van der Waals surface area contributed by atoms with Gasteiger partial charge in [0, 0.05) is 56.2 Å². The van der Waals surface area contributed by atoms with Gasteiger partial charge < -0.3 is 25.6 Å². The van der Waals surface area contributed by atoms with E-state index in [9.17, 15) is 30.4 Å². The van der Waals surface area contributed by atoms with Crippen molar-refractivity contribution in [2.75, 3.05) is 17.7 Å². The molecule has 6 aromatic carbocycles. The molecule has 14 heteroatoms. The molecule has 0 saturated carbocycles. The van der Waals surface area contributed by atoms with Crippen LogP contribution >= 0.6 is 35.1 Å². The lowest BCUT2D eigenvalue weighted by Crippen LogP contribution is -2.01. The predicted octanol–water partition coefficient (Wildman–Crippen LogP) is 10.8. The van der Waals surface area contributed by atoms with Crippen molar-refractivity contribution in [1.29, 1.82) is 0 Å². The zero-order chi connectivity index (χ0) is 37.7. The van der Waals surface area contributed by atoms with E-state index in [0.29, 0.717) is 29.5 Å². The average molecular weight is 769 g/mol. The van der Waals surface area contributed by atoms with Gasteiger partial charge in [0.25, 0.3) is 0 Å². The molecule has 0 bridgehead atoms. The molecule has 270 valence electrons. The number of hydrogen-bond acceptors (Lipinski definition) is 11. The van der Waals surface area contributed by atoms with Crippen LogP contribution in [-0.4, -0.2) is 27.2 Å². The summed E-state index contributed by atoms with van der Waals surface area (Å²) in [7, 11) is 1.64. The van der Waals surface area contributed by atoms with E-state index in [4.69, 9.17) is 16.3 Å². The van der Waals surface area contributed by atoms with Crippen molar-refractivity contribution in [2.24, 2.45) is 0 Å². The van der Waals surface area contributed by atoms with E-state index in [-0.39, 0.29) is 22.9 Å². The zero-order valence-corrected chi connectivity index (χ0v) is 30.5. The maximum atomic E-state index is 11.0. The minimum Gasteiger partial charge on any atom is -0.502 e. The molecule has 0 atom stereocenters. The van der Waals surface area contributed by atoms with E-state index in [1.807, 2.05) is 97.1 Å². The number of phenols is 2. The van der Waals surface area contributed by atoms with Crippen molar-refractivity contribution in [2.45, 2.75) is 32.7 Å². The fraction of sp³-hybridized carbons (Fsp3) is 0.0769. The molecule has 0 fully saturated rings. The highest BCUT2D eigenvalue weighted by Gasteiger charge is 2.15. The van der Waals surface area contributed by atoms with Crippen LogP contribution in [0.15, 0.2) is 153 Å². The Labute approximate surface area is 318 Å². The van der Waals surface area contributed by atoms with E-state index in [2.05, 4.69) is 10.6 Å². The van der Waals surface area contributed by atoms with Crippen LogP contribution in [0, 0.1) is 20.2 Å². The summed E-state index contributed by atoms with van der Waals surface area (Å²) >= 11 is 9.44. The van der Waals surface area contributed by atoms with E-state index in [0.717, 1.165) is 36.5 Å². The van der Waals surface area contributed by atoms with Crippen molar-refractivity contribution in [3.63, 3.8) is 0 Å². The molecule has 0 aliphatic carbocycles. The molecule has 0 radical (unpaired) electrons. The summed E-state index contributed by atoms with van der Waals surface area (Å²) in [4.78, 5) is 24.9. The van der Waals surface area contributed by atoms with Gasteiger partial charge in [-0.15, -0.1) is 0 Å². The van der Waals surface area contributed by atoms with Gasteiger partial charge in [-0.2, -0.15) is 0 Å². The van der Waals surface area contributed by atoms with Crippen LogP contribution in [-0.2, 0) is 13.1 Å². The van der Waals surface area contributed by atoms with Crippen LogP contribution in [0.5, 0.6) is 17.2 Å². The van der Waals surface area contributed by atoms with Gasteiger partial charge in [-0.25, -0.2) is 0 Å². The Hall–Kier alpha value is -5.89. The van der Waals surface area contributed by atoms with Crippen LogP contribution in [0.25, 0.3) is 0 Å². The second-order valence-corrected chi connectivity index (χ2v) is 13.8. The summed E-state index contributed by atoms with van der Waals surface area (Å²) in [5, 5.41) is 48.0. The average Bonchev–Trinajstić information content (AvgIpc) is 3.16. The van der Waals surface area contributed by atoms with Crippen molar-refractivity contribution in [3.05, 3.63) is 170 Å². The molecule has 0 unspecified atom stereocenters. The zero-order valence-electron chi connectivity index (χ0n) is 28.1. The number of hydrogen-bond donors (Lipinski definition) is 4. The molecule has 0 aromatic heterocycles. The lowest BCUT2D eigenvalue weighted by Gasteiger charge is -2.12. The maximum absolute atomic E-state index is 11.0. The summed E-state index contributed by atoms with van der Waals surface area (Å²) in [5.74, 6) is 0.111. The minimum absolute atomic E-state index is 0.319. The highest BCUT2D eigenvalue weighted by atomic mass is 35.5. The largest absolute Gasteiger partial charge is 0.502 e. The number of aromatic hydroxyl groups is 2. The number of nitrogens with zero attached hydrogens (tertiary/aromatic N) is 2. The summed E-state index contributed by atoms with van der Waals surface area (Å²) < 4.78 is 5.18. The van der Waals surface area contributed by atoms with Gasteiger partial charge in [0.2, 0.25) is 0 Å². The van der Waals surface area contributed by atoms with Crippen molar-refractivity contribution in [1.82, 2.24) is 0 Å². The van der Waals surface area contributed by atoms with Gasteiger partial charge in [0.15, 0.2) is 11.5 Å². The number of nitro groups is 2. The molecule has 0 spiro atoms. The molecule has 0 saturated heterocycles. The van der Waals surface area contributed by atoms with E-state index >= 15 is 0 Å². The first kappa shape index (κ1) is 38.3. The summed E-state index contributed by atoms with van der Waals surface area (Å²) in [6, 6.07) is 39.8. The molecule has 4 N–H and O–H groups in total. The Bertz CT molecular complexity index is 2210.